The summed E-state index contributed by atoms with van der Waals surface area (Å²) in [5.74, 6) is -0.235. The number of hydrogen-bond donors (Lipinski definition) is 0. The first-order valence-corrected chi connectivity index (χ1v) is 4.13. The molecule has 0 N–H and O–H groups in total. The summed E-state index contributed by atoms with van der Waals surface area (Å²) in [6.07, 6.45) is 0. The van der Waals surface area contributed by atoms with Gasteiger partial charge in [-0.2, -0.15) is 5.26 Å². The summed E-state index contributed by atoms with van der Waals surface area (Å²) in [6, 6.07) is 4.37. The van der Waals surface area contributed by atoms with Gasteiger partial charge in [0.05, 0.1) is 19.3 Å². The number of halogens is 1. The van der Waals surface area contributed by atoms with E-state index >= 15 is 0 Å². The zero-order valence-electron chi connectivity index (χ0n) is 8.00. The van der Waals surface area contributed by atoms with Crippen LogP contribution in [0.5, 0.6) is 11.5 Å². The van der Waals surface area contributed by atoms with Crippen LogP contribution < -0.4 is 9.47 Å². The van der Waals surface area contributed by atoms with E-state index in [9.17, 15) is 4.39 Å². The highest BCUT2D eigenvalue weighted by atomic mass is 19.1. The number of nitrogens with zero attached hydrogens (tertiary/aromatic N) is 1. The molecular formula is C10H10FNO2. The van der Waals surface area contributed by atoms with Crippen LogP contribution in [0.15, 0.2) is 12.1 Å². The summed E-state index contributed by atoms with van der Waals surface area (Å²) in [6.45, 7) is 2.10. The molecule has 0 aliphatic carbocycles. The van der Waals surface area contributed by atoms with Gasteiger partial charge in [0.1, 0.15) is 11.8 Å². The quantitative estimate of drug-likeness (QED) is 0.741. The van der Waals surface area contributed by atoms with Crippen LogP contribution in [0, 0.1) is 17.1 Å². The number of rotatable bonds is 3. The minimum absolute atomic E-state index is 0.0739. The Balaban J connectivity index is 3.18. The third-order valence-corrected chi connectivity index (χ3v) is 1.67. The third-order valence-electron chi connectivity index (χ3n) is 1.67. The van der Waals surface area contributed by atoms with Crippen LogP contribution in [0.4, 0.5) is 4.39 Å². The largest absolute Gasteiger partial charge is 0.495 e. The van der Waals surface area contributed by atoms with Crippen molar-refractivity contribution in [2.24, 2.45) is 0 Å². The monoisotopic (exact) mass is 195 g/mol. The standard InChI is InChI=1S/C10H10FNO2/c1-3-14-10-4-7(6-12)9(13-2)5-8(10)11/h4-5H,3H2,1-2H3. The maximum atomic E-state index is 13.2. The van der Waals surface area contributed by atoms with Crippen molar-refractivity contribution in [3.8, 4) is 17.6 Å². The molecule has 0 spiro atoms. The highest BCUT2D eigenvalue weighted by Crippen LogP contribution is 2.26. The van der Waals surface area contributed by atoms with Gasteiger partial charge in [0.25, 0.3) is 0 Å². The second-order valence-corrected chi connectivity index (χ2v) is 2.53. The zero-order valence-corrected chi connectivity index (χ0v) is 8.00. The smallest absolute Gasteiger partial charge is 0.168 e. The van der Waals surface area contributed by atoms with E-state index < -0.39 is 5.82 Å². The second kappa shape index (κ2) is 4.47. The zero-order chi connectivity index (χ0) is 10.6. The lowest BCUT2D eigenvalue weighted by atomic mass is 10.2. The van der Waals surface area contributed by atoms with E-state index in [0.29, 0.717) is 6.61 Å². The number of nitriles is 1. The van der Waals surface area contributed by atoms with Gasteiger partial charge in [-0.3, -0.25) is 0 Å². The molecule has 0 aliphatic heterocycles. The molecular weight excluding hydrogens is 185 g/mol. The average Bonchev–Trinajstić information content (AvgIpc) is 2.20. The number of ether oxygens (including phenoxy) is 2. The predicted molar refractivity (Wildman–Crippen MR) is 48.8 cm³/mol. The third kappa shape index (κ3) is 1.94. The summed E-state index contributed by atoms with van der Waals surface area (Å²) in [5, 5.41) is 8.73. The van der Waals surface area contributed by atoms with Crippen LogP contribution in [0.25, 0.3) is 0 Å². The van der Waals surface area contributed by atoms with Crippen molar-refractivity contribution in [2.45, 2.75) is 6.92 Å². The molecule has 0 amide bonds. The first-order valence-electron chi connectivity index (χ1n) is 4.13. The molecule has 0 aliphatic rings. The van der Waals surface area contributed by atoms with E-state index in [4.69, 9.17) is 14.7 Å². The Hall–Kier alpha value is -1.76. The molecule has 4 heteroatoms. The highest BCUT2D eigenvalue weighted by Gasteiger charge is 2.10. The molecule has 1 aromatic carbocycles. The van der Waals surface area contributed by atoms with Gasteiger partial charge in [-0.1, -0.05) is 0 Å². The van der Waals surface area contributed by atoms with E-state index in [1.54, 1.807) is 6.92 Å². The topological polar surface area (TPSA) is 42.2 Å². The minimum Gasteiger partial charge on any atom is -0.495 e. The highest BCUT2D eigenvalue weighted by molar-refractivity contribution is 5.48. The molecule has 0 aromatic heterocycles. The molecule has 0 saturated heterocycles. The minimum atomic E-state index is -0.525. The molecule has 14 heavy (non-hydrogen) atoms. The summed E-state index contributed by atoms with van der Waals surface area (Å²) in [7, 11) is 1.38. The first-order chi connectivity index (χ1) is 6.72. The molecule has 74 valence electrons. The molecule has 3 nitrogen and oxygen atoms in total. The Morgan fingerprint density at radius 1 is 1.43 bits per heavy atom. The van der Waals surface area contributed by atoms with Crippen molar-refractivity contribution in [2.75, 3.05) is 13.7 Å². The summed E-state index contributed by atoms with van der Waals surface area (Å²) in [5.41, 5.74) is 0.261. The van der Waals surface area contributed by atoms with Crippen molar-refractivity contribution in [3.05, 3.63) is 23.5 Å². The Morgan fingerprint density at radius 3 is 2.64 bits per heavy atom. The van der Waals surface area contributed by atoms with E-state index in [2.05, 4.69) is 0 Å². The molecule has 1 rings (SSSR count). The lowest BCUT2D eigenvalue weighted by Gasteiger charge is -2.07. The van der Waals surface area contributed by atoms with Gasteiger partial charge < -0.3 is 9.47 Å². The fourth-order valence-electron chi connectivity index (χ4n) is 1.06. The van der Waals surface area contributed by atoms with Crippen molar-refractivity contribution in [1.29, 1.82) is 5.26 Å². The van der Waals surface area contributed by atoms with Crippen molar-refractivity contribution in [3.63, 3.8) is 0 Å². The van der Waals surface area contributed by atoms with Crippen molar-refractivity contribution >= 4 is 0 Å². The Morgan fingerprint density at radius 2 is 2.14 bits per heavy atom. The van der Waals surface area contributed by atoms with Gasteiger partial charge in [0, 0.05) is 12.1 Å². The molecule has 0 bridgehead atoms. The molecule has 0 radical (unpaired) electrons. The molecule has 0 atom stereocenters. The predicted octanol–water partition coefficient (Wildman–Crippen LogP) is 2.10. The van der Waals surface area contributed by atoms with Gasteiger partial charge in [0.2, 0.25) is 0 Å². The Labute approximate surface area is 81.7 Å². The van der Waals surface area contributed by atoms with E-state index in [1.807, 2.05) is 6.07 Å². The maximum Gasteiger partial charge on any atom is 0.168 e. The Kier molecular flexibility index (Phi) is 3.29. The molecule has 0 fully saturated rings. The van der Waals surface area contributed by atoms with Gasteiger partial charge in [-0.05, 0) is 6.92 Å². The van der Waals surface area contributed by atoms with Gasteiger partial charge in [0.15, 0.2) is 11.6 Å². The second-order valence-electron chi connectivity index (χ2n) is 2.53. The van der Waals surface area contributed by atoms with Crippen LogP contribution in [-0.2, 0) is 0 Å². The maximum absolute atomic E-state index is 13.2. The van der Waals surface area contributed by atoms with E-state index in [0.717, 1.165) is 6.07 Å². The Bertz CT molecular complexity index is 371. The fourth-order valence-corrected chi connectivity index (χ4v) is 1.06. The van der Waals surface area contributed by atoms with Crippen LogP contribution in [-0.4, -0.2) is 13.7 Å². The van der Waals surface area contributed by atoms with Crippen molar-refractivity contribution in [1.82, 2.24) is 0 Å². The molecule has 0 heterocycles. The van der Waals surface area contributed by atoms with Crippen molar-refractivity contribution < 1.29 is 13.9 Å². The summed E-state index contributed by atoms with van der Waals surface area (Å²) >= 11 is 0. The molecule has 0 unspecified atom stereocenters. The lowest BCUT2D eigenvalue weighted by molar-refractivity contribution is 0.319. The molecule has 0 saturated carbocycles. The summed E-state index contributed by atoms with van der Waals surface area (Å²) in [4.78, 5) is 0. The molecule has 1 aromatic rings. The fraction of sp³-hybridized carbons (Fsp3) is 0.300. The first kappa shape index (κ1) is 10.3. The van der Waals surface area contributed by atoms with Crippen LogP contribution in [0.2, 0.25) is 0 Å². The van der Waals surface area contributed by atoms with Gasteiger partial charge in [-0.15, -0.1) is 0 Å². The van der Waals surface area contributed by atoms with Gasteiger partial charge >= 0.3 is 0 Å². The van der Waals surface area contributed by atoms with Crippen LogP contribution in [0.1, 0.15) is 12.5 Å². The number of benzene rings is 1. The lowest BCUT2D eigenvalue weighted by Crippen LogP contribution is -1.97. The van der Waals surface area contributed by atoms with Crippen LogP contribution >= 0.6 is 0 Å². The average molecular weight is 195 g/mol. The van der Waals surface area contributed by atoms with E-state index in [-0.39, 0.29) is 17.1 Å². The number of methoxy groups -OCH3 is 1. The van der Waals surface area contributed by atoms with E-state index in [1.165, 1.54) is 13.2 Å². The summed E-state index contributed by atoms with van der Waals surface area (Å²) < 4.78 is 23.1. The number of hydrogen-bond acceptors (Lipinski definition) is 3. The van der Waals surface area contributed by atoms with Gasteiger partial charge in [-0.25, -0.2) is 4.39 Å². The normalized spacial score (nSPS) is 9.29. The SMILES string of the molecule is CCOc1cc(C#N)c(OC)cc1F. The van der Waals surface area contributed by atoms with Crippen LogP contribution in [0.3, 0.4) is 0 Å².